The second-order valence-corrected chi connectivity index (χ2v) is 7.76. The van der Waals surface area contributed by atoms with Crippen LogP contribution in [0.4, 0.5) is 0 Å². The van der Waals surface area contributed by atoms with E-state index in [2.05, 4.69) is 20.7 Å². The fourth-order valence-electron chi connectivity index (χ4n) is 2.39. The summed E-state index contributed by atoms with van der Waals surface area (Å²) in [7, 11) is -3.59. The fourth-order valence-corrected chi connectivity index (χ4v) is 4.61. The van der Waals surface area contributed by atoms with Crippen LogP contribution in [0.25, 0.3) is 0 Å². The molecule has 0 amide bonds. The second-order valence-electron chi connectivity index (χ2n) is 5.23. The maximum atomic E-state index is 12.5. The van der Waals surface area contributed by atoms with Gasteiger partial charge in [0.15, 0.2) is 0 Å². The normalized spacial score (nSPS) is 22.1. The van der Waals surface area contributed by atoms with Gasteiger partial charge in [-0.1, -0.05) is 15.9 Å². The van der Waals surface area contributed by atoms with E-state index in [4.69, 9.17) is 4.74 Å². The Morgan fingerprint density at radius 1 is 1.43 bits per heavy atom. The van der Waals surface area contributed by atoms with Gasteiger partial charge >= 0.3 is 0 Å². The molecule has 118 valence electrons. The first-order valence-corrected chi connectivity index (χ1v) is 9.18. The first-order valence-electron chi connectivity index (χ1n) is 6.91. The molecule has 0 unspecified atom stereocenters. The van der Waals surface area contributed by atoms with Crippen molar-refractivity contribution >= 4 is 26.0 Å². The first-order chi connectivity index (χ1) is 9.87. The Morgan fingerprint density at radius 3 is 2.67 bits per heavy atom. The quantitative estimate of drug-likeness (QED) is 0.795. The number of rotatable bonds is 6. The van der Waals surface area contributed by atoms with Crippen LogP contribution in [-0.4, -0.2) is 32.3 Å². The standard InChI is InChI=1S/C14H20BrNO4S/c1-3-20-12-6-11(7-12)16-21(18,19)14-5-10(8-17)4-13(15)9(14)2/h4-5,11-12,16-17H,3,6-8H2,1-2H3. The molecule has 0 heterocycles. The molecule has 1 aromatic rings. The molecule has 5 nitrogen and oxygen atoms in total. The van der Waals surface area contributed by atoms with Crippen LogP contribution in [0, 0.1) is 6.92 Å². The largest absolute Gasteiger partial charge is 0.392 e. The van der Waals surface area contributed by atoms with Gasteiger partial charge in [-0.2, -0.15) is 0 Å². The highest BCUT2D eigenvalue weighted by Crippen LogP contribution is 2.29. The SMILES string of the molecule is CCOC1CC(NS(=O)(=O)c2cc(CO)cc(Br)c2C)C1. The Morgan fingerprint density at radius 2 is 2.10 bits per heavy atom. The van der Waals surface area contributed by atoms with Gasteiger partial charge < -0.3 is 9.84 Å². The Labute approximate surface area is 133 Å². The van der Waals surface area contributed by atoms with E-state index in [0.29, 0.717) is 35.0 Å². The summed E-state index contributed by atoms with van der Waals surface area (Å²) in [6, 6.07) is 3.16. The maximum Gasteiger partial charge on any atom is 0.241 e. The Hall–Kier alpha value is -0.470. The highest BCUT2D eigenvalue weighted by Gasteiger charge is 2.33. The molecule has 0 spiro atoms. The van der Waals surface area contributed by atoms with Crippen LogP contribution >= 0.6 is 15.9 Å². The van der Waals surface area contributed by atoms with Crippen LogP contribution < -0.4 is 4.72 Å². The maximum absolute atomic E-state index is 12.5. The van der Waals surface area contributed by atoms with Crippen molar-refractivity contribution in [3.8, 4) is 0 Å². The predicted octanol–water partition coefficient (Wildman–Crippen LogP) is 2.10. The lowest BCUT2D eigenvalue weighted by Crippen LogP contribution is -2.47. The van der Waals surface area contributed by atoms with Gasteiger partial charge in [0.2, 0.25) is 10.0 Å². The molecule has 1 aromatic carbocycles. The molecular weight excluding hydrogens is 358 g/mol. The molecule has 21 heavy (non-hydrogen) atoms. The topological polar surface area (TPSA) is 75.6 Å². The summed E-state index contributed by atoms with van der Waals surface area (Å²) in [5.41, 5.74) is 1.20. The molecule has 2 rings (SSSR count). The van der Waals surface area contributed by atoms with Crippen molar-refractivity contribution in [2.24, 2.45) is 0 Å². The molecule has 0 atom stereocenters. The van der Waals surface area contributed by atoms with Gasteiger partial charge in [-0.3, -0.25) is 0 Å². The average Bonchev–Trinajstić information content (AvgIpc) is 2.39. The number of halogens is 1. The predicted molar refractivity (Wildman–Crippen MR) is 83.6 cm³/mol. The molecule has 0 radical (unpaired) electrons. The van der Waals surface area contributed by atoms with Crippen LogP contribution in [0.5, 0.6) is 0 Å². The third kappa shape index (κ3) is 3.84. The molecule has 0 aromatic heterocycles. The zero-order valence-electron chi connectivity index (χ0n) is 12.1. The molecule has 1 fully saturated rings. The third-order valence-electron chi connectivity index (χ3n) is 3.65. The minimum absolute atomic E-state index is 0.0810. The van der Waals surface area contributed by atoms with Gasteiger partial charge in [0.1, 0.15) is 0 Å². The van der Waals surface area contributed by atoms with Crippen molar-refractivity contribution in [1.29, 1.82) is 0 Å². The second kappa shape index (κ2) is 6.75. The van der Waals surface area contributed by atoms with Gasteiger partial charge in [-0.25, -0.2) is 13.1 Å². The van der Waals surface area contributed by atoms with E-state index in [9.17, 15) is 13.5 Å². The van der Waals surface area contributed by atoms with Crippen LogP contribution in [-0.2, 0) is 21.4 Å². The van der Waals surface area contributed by atoms with Crippen molar-refractivity contribution in [2.75, 3.05) is 6.61 Å². The third-order valence-corrected chi connectivity index (χ3v) is 6.12. The molecule has 0 aliphatic heterocycles. The molecule has 1 aliphatic rings. The van der Waals surface area contributed by atoms with E-state index in [1.165, 1.54) is 6.07 Å². The number of aliphatic hydroxyl groups excluding tert-OH is 1. The van der Waals surface area contributed by atoms with E-state index in [-0.39, 0.29) is 23.6 Å². The number of nitrogens with one attached hydrogen (secondary N) is 1. The zero-order valence-corrected chi connectivity index (χ0v) is 14.5. The van der Waals surface area contributed by atoms with Gasteiger partial charge in [0.05, 0.1) is 17.6 Å². The lowest BCUT2D eigenvalue weighted by atomic mass is 9.90. The smallest absolute Gasteiger partial charge is 0.241 e. The summed E-state index contributed by atoms with van der Waals surface area (Å²) in [5.74, 6) is 0. The number of ether oxygens (including phenoxy) is 1. The van der Waals surface area contributed by atoms with E-state index < -0.39 is 10.0 Å². The molecule has 2 N–H and O–H groups in total. The summed E-state index contributed by atoms with van der Waals surface area (Å²) >= 11 is 3.33. The highest BCUT2D eigenvalue weighted by molar-refractivity contribution is 9.10. The first kappa shape index (κ1) is 16.9. The summed E-state index contributed by atoms with van der Waals surface area (Å²) in [5, 5.41) is 9.22. The monoisotopic (exact) mass is 377 g/mol. The lowest BCUT2D eigenvalue weighted by molar-refractivity contribution is -0.00475. The number of hydrogen-bond acceptors (Lipinski definition) is 4. The van der Waals surface area contributed by atoms with Crippen LogP contribution in [0.15, 0.2) is 21.5 Å². The lowest BCUT2D eigenvalue weighted by Gasteiger charge is -2.35. The van der Waals surface area contributed by atoms with Crippen LogP contribution in [0.1, 0.15) is 30.9 Å². The summed E-state index contributed by atoms with van der Waals surface area (Å²) in [6.07, 6.45) is 1.55. The van der Waals surface area contributed by atoms with Crippen LogP contribution in [0.2, 0.25) is 0 Å². The zero-order chi connectivity index (χ0) is 15.6. The highest BCUT2D eigenvalue weighted by atomic mass is 79.9. The van der Waals surface area contributed by atoms with Crippen molar-refractivity contribution in [3.05, 3.63) is 27.7 Å². The Balaban J connectivity index is 2.15. The van der Waals surface area contributed by atoms with Gasteiger partial charge in [-0.05, 0) is 49.9 Å². The van der Waals surface area contributed by atoms with Crippen LogP contribution in [0.3, 0.4) is 0 Å². The van der Waals surface area contributed by atoms with Gasteiger partial charge in [0.25, 0.3) is 0 Å². The summed E-state index contributed by atoms with van der Waals surface area (Å²) < 4.78 is 33.8. The molecule has 1 saturated carbocycles. The number of benzene rings is 1. The summed E-state index contributed by atoms with van der Waals surface area (Å²) in [6.45, 7) is 4.12. The van der Waals surface area contributed by atoms with Gasteiger partial charge in [0, 0.05) is 17.1 Å². The average molecular weight is 378 g/mol. The molecule has 7 heteroatoms. The Bertz CT molecular complexity index is 612. The van der Waals surface area contributed by atoms with Crippen molar-refractivity contribution in [2.45, 2.75) is 50.3 Å². The minimum Gasteiger partial charge on any atom is -0.392 e. The molecule has 0 saturated heterocycles. The molecule has 1 aliphatic carbocycles. The summed E-state index contributed by atoms with van der Waals surface area (Å²) in [4.78, 5) is 0.209. The van der Waals surface area contributed by atoms with Crippen molar-refractivity contribution in [3.63, 3.8) is 0 Å². The number of aliphatic hydroxyl groups is 1. The minimum atomic E-state index is -3.59. The van der Waals surface area contributed by atoms with Crippen molar-refractivity contribution in [1.82, 2.24) is 4.72 Å². The Kier molecular flexibility index (Phi) is 5.43. The number of hydrogen-bond donors (Lipinski definition) is 2. The number of sulfonamides is 1. The van der Waals surface area contributed by atoms with Crippen molar-refractivity contribution < 1.29 is 18.3 Å². The van der Waals surface area contributed by atoms with E-state index in [1.807, 2.05) is 6.92 Å². The molecular formula is C14H20BrNO4S. The molecule has 0 bridgehead atoms. The van der Waals surface area contributed by atoms with Gasteiger partial charge in [-0.15, -0.1) is 0 Å². The van der Waals surface area contributed by atoms with E-state index >= 15 is 0 Å². The van der Waals surface area contributed by atoms with E-state index in [1.54, 1.807) is 13.0 Å². The van der Waals surface area contributed by atoms with E-state index in [0.717, 1.165) is 0 Å². The fraction of sp³-hybridized carbons (Fsp3) is 0.571.